The number of carbonyl (C=O) groups is 1. The minimum absolute atomic E-state index is 0.0524. The molecule has 0 aliphatic heterocycles. The Kier molecular flexibility index (Phi) is 5.32. The van der Waals surface area contributed by atoms with E-state index in [0.717, 1.165) is 28.4 Å². The average Bonchev–Trinajstić information content (AvgIpc) is 3.12. The molecule has 0 fully saturated rings. The number of halogens is 2. The van der Waals surface area contributed by atoms with Crippen LogP contribution in [0.3, 0.4) is 0 Å². The zero-order valence-corrected chi connectivity index (χ0v) is 18.1. The monoisotopic (exact) mass is 458 g/mol. The number of aromatic nitrogens is 1. The van der Waals surface area contributed by atoms with Crippen LogP contribution in [-0.4, -0.2) is 25.6 Å². The van der Waals surface area contributed by atoms with E-state index in [1.165, 1.54) is 18.2 Å². The lowest BCUT2D eigenvalue weighted by Crippen LogP contribution is -2.13. The molecule has 0 unspecified atom stereocenters. The van der Waals surface area contributed by atoms with E-state index in [2.05, 4.69) is 10.3 Å². The summed E-state index contributed by atoms with van der Waals surface area (Å²) in [4.78, 5) is 16.1. The van der Waals surface area contributed by atoms with E-state index >= 15 is 0 Å². The van der Waals surface area contributed by atoms with Gasteiger partial charge in [0.25, 0.3) is 5.91 Å². The smallest absolute Gasteiger partial charge is 0.257 e. The Hall–Kier alpha value is -2.80. The van der Waals surface area contributed by atoms with Crippen LogP contribution < -0.4 is 5.32 Å². The van der Waals surface area contributed by atoms with Gasteiger partial charge in [0.1, 0.15) is 0 Å². The van der Waals surface area contributed by atoms with Crippen molar-refractivity contribution in [2.24, 2.45) is 0 Å². The minimum Gasteiger partial charge on any atom is -0.354 e. The Bertz CT molecular complexity index is 1360. The van der Waals surface area contributed by atoms with Gasteiger partial charge >= 0.3 is 0 Å². The molecular weight excluding hydrogens is 443 g/mol. The molecule has 1 aromatic heterocycles. The number of fused-ring (bicyclic) bond motifs is 1. The van der Waals surface area contributed by atoms with Gasteiger partial charge in [-0.15, -0.1) is 0 Å². The van der Waals surface area contributed by atoms with Gasteiger partial charge in [-0.2, -0.15) is 0 Å². The van der Waals surface area contributed by atoms with Gasteiger partial charge < -0.3 is 10.3 Å². The SMILES string of the molecule is CS(=O)(=O)c1ccc(C(=O)Nc2ccc(Cl)c(-c3cc4ccccc4[nH]3)c2)c(Cl)c1. The van der Waals surface area contributed by atoms with E-state index in [4.69, 9.17) is 23.2 Å². The number of sulfone groups is 1. The zero-order chi connectivity index (χ0) is 21.5. The fraction of sp³-hybridized carbons (Fsp3) is 0.0455. The molecule has 2 N–H and O–H groups in total. The van der Waals surface area contributed by atoms with Crippen molar-refractivity contribution in [2.75, 3.05) is 11.6 Å². The molecule has 0 spiro atoms. The Balaban J connectivity index is 1.64. The highest BCUT2D eigenvalue weighted by molar-refractivity contribution is 7.90. The summed E-state index contributed by atoms with van der Waals surface area (Å²) < 4.78 is 23.3. The predicted octanol–water partition coefficient (Wildman–Crippen LogP) is 5.80. The van der Waals surface area contributed by atoms with Gasteiger partial charge in [0.05, 0.1) is 20.5 Å². The second kappa shape index (κ2) is 7.80. The molecule has 0 atom stereocenters. The molecule has 3 aromatic carbocycles. The summed E-state index contributed by atoms with van der Waals surface area (Å²) in [5.41, 5.74) is 3.25. The molecule has 152 valence electrons. The largest absolute Gasteiger partial charge is 0.354 e. The van der Waals surface area contributed by atoms with Crippen molar-refractivity contribution >= 4 is 55.5 Å². The molecule has 1 amide bonds. The van der Waals surface area contributed by atoms with Crippen molar-refractivity contribution in [1.82, 2.24) is 4.98 Å². The van der Waals surface area contributed by atoms with Crippen LogP contribution in [0.15, 0.2) is 71.6 Å². The number of rotatable bonds is 4. The average molecular weight is 459 g/mol. The van der Waals surface area contributed by atoms with Gasteiger partial charge in [0, 0.05) is 34.1 Å². The first-order valence-electron chi connectivity index (χ1n) is 8.91. The summed E-state index contributed by atoms with van der Waals surface area (Å²) in [5.74, 6) is -0.454. The van der Waals surface area contributed by atoms with E-state index < -0.39 is 15.7 Å². The quantitative estimate of drug-likeness (QED) is 0.405. The van der Waals surface area contributed by atoms with E-state index in [0.29, 0.717) is 10.7 Å². The number of aromatic amines is 1. The van der Waals surface area contributed by atoms with Crippen LogP contribution in [0.5, 0.6) is 0 Å². The van der Waals surface area contributed by atoms with Gasteiger partial charge in [-0.05, 0) is 48.5 Å². The van der Waals surface area contributed by atoms with Crippen LogP contribution in [0.1, 0.15) is 10.4 Å². The van der Waals surface area contributed by atoms with Gasteiger partial charge in [0.15, 0.2) is 9.84 Å². The highest BCUT2D eigenvalue weighted by atomic mass is 35.5. The van der Waals surface area contributed by atoms with Crippen molar-refractivity contribution in [3.05, 3.63) is 82.3 Å². The van der Waals surface area contributed by atoms with Gasteiger partial charge in [-0.1, -0.05) is 41.4 Å². The predicted molar refractivity (Wildman–Crippen MR) is 121 cm³/mol. The maximum absolute atomic E-state index is 12.7. The number of amides is 1. The lowest BCUT2D eigenvalue weighted by molar-refractivity contribution is 0.102. The third kappa shape index (κ3) is 4.07. The lowest BCUT2D eigenvalue weighted by Gasteiger charge is -2.10. The summed E-state index contributed by atoms with van der Waals surface area (Å²) in [6, 6.07) is 19.0. The standard InChI is InChI=1S/C22H16Cl2N2O3S/c1-30(28,29)15-7-8-16(19(24)12-15)22(27)25-14-6-9-18(23)17(11-14)21-10-13-4-2-3-5-20(13)26-21/h2-12,26H,1H3,(H,25,27). The van der Waals surface area contributed by atoms with Gasteiger partial charge in [0.2, 0.25) is 0 Å². The zero-order valence-electron chi connectivity index (χ0n) is 15.7. The lowest BCUT2D eigenvalue weighted by atomic mass is 10.1. The molecule has 4 aromatic rings. The first-order chi connectivity index (χ1) is 14.2. The van der Waals surface area contributed by atoms with Gasteiger partial charge in [-0.25, -0.2) is 8.42 Å². The minimum atomic E-state index is -3.41. The van der Waals surface area contributed by atoms with Crippen molar-refractivity contribution in [1.29, 1.82) is 0 Å². The van der Waals surface area contributed by atoms with E-state index in [1.807, 2.05) is 30.3 Å². The first-order valence-corrected chi connectivity index (χ1v) is 11.6. The molecule has 0 bridgehead atoms. The summed E-state index contributed by atoms with van der Waals surface area (Å²) in [7, 11) is -3.41. The highest BCUT2D eigenvalue weighted by Crippen LogP contribution is 2.32. The van der Waals surface area contributed by atoms with Crippen LogP contribution in [0.2, 0.25) is 10.0 Å². The topological polar surface area (TPSA) is 79.0 Å². The van der Waals surface area contributed by atoms with Crippen LogP contribution in [0.4, 0.5) is 5.69 Å². The third-order valence-electron chi connectivity index (χ3n) is 4.66. The molecule has 0 saturated carbocycles. The molecule has 8 heteroatoms. The Labute approximate surface area is 183 Å². The number of carbonyl (C=O) groups excluding carboxylic acids is 1. The number of benzene rings is 3. The maximum atomic E-state index is 12.7. The third-order valence-corrected chi connectivity index (χ3v) is 6.41. The first kappa shape index (κ1) is 20.5. The Morgan fingerprint density at radius 1 is 0.933 bits per heavy atom. The Morgan fingerprint density at radius 3 is 2.40 bits per heavy atom. The summed E-state index contributed by atoms with van der Waals surface area (Å²) >= 11 is 12.5. The Morgan fingerprint density at radius 2 is 1.70 bits per heavy atom. The number of hydrogen-bond donors (Lipinski definition) is 2. The van der Waals surface area contributed by atoms with Crippen molar-refractivity contribution in [2.45, 2.75) is 4.90 Å². The van der Waals surface area contributed by atoms with E-state index in [-0.39, 0.29) is 15.5 Å². The van der Waals surface area contributed by atoms with E-state index in [1.54, 1.807) is 18.2 Å². The molecule has 0 aliphatic rings. The molecule has 30 heavy (non-hydrogen) atoms. The molecule has 0 aliphatic carbocycles. The molecule has 0 saturated heterocycles. The highest BCUT2D eigenvalue weighted by Gasteiger charge is 2.16. The molecule has 4 rings (SSSR count). The summed E-state index contributed by atoms with van der Waals surface area (Å²) in [6.07, 6.45) is 1.08. The van der Waals surface area contributed by atoms with Crippen molar-refractivity contribution in [3.8, 4) is 11.3 Å². The van der Waals surface area contributed by atoms with Gasteiger partial charge in [-0.3, -0.25) is 4.79 Å². The van der Waals surface area contributed by atoms with Crippen molar-refractivity contribution < 1.29 is 13.2 Å². The number of anilines is 1. The fourth-order valence-electron chi connectivity index (χ4n) is 3.14. The van der Waals surface area contributed by atoms with Crippen LogP contribution >= 0.6 is 23.2 Å². The molecule has 5 nitrogen and oxygen atoms in total. The molecule has 1 heterocycles. The normalized spacial score (nSPS) is 11.6. The van der Waals surface area contributed by atoms with Crippen molar-refractivity contribution in [3.63, 3.8) is 0 Å². The number of para-hydroxylation sites is 1. The number of H-pyrrole nitrogens is 1. The second-order valence-corrected chi connectivity index (χ2v) is 9.66. The van der Waals surface area contributed by atoms with Crippen LogP contribution in [0.25, 0.3) is 22.2 Å². The fourth-order valence-corrected chi connectivity index (χ4v) is 4.33. The second-order valence-electron chi connectivity index (χ2n) is 6.83. The number of nitrogens with one attached hydrogen (secondary N) is 2. The van der Waals surface area contributed by atoms with Crippen LogP contribution in [0, 0.1) is 0 Å². The molecular formula is C22H16Cl2N2O3S. The maximum Gasteiger partial charge on any atom is 0.257 e. The summed E-state index contributed by atoms with van der Waals surface area (Å²) in [5, 5.41) is 4.43. The number of hydrogen-bond acceptors (Lipinski definition) is 3. The van der Waals surface area contributed by atoms with Crippen LogP contribution in [-0.2, 0) is 9.84 Å². The van der Waals surface area contributed by atoms with E-state index in [9.17, 15) is 13.2 Å². The summed E-state index contributed by atoms with van der Waals surface area (Å²) in [6.45, 7) is 0. The molecule has 0 radical (unpaired) electrons.